The lowest BCUT2D eigenvalue weighted by molar-refractivity contribution is -0.386. The summed E-state index contributed by atoms with van der Waals surface area (Å²) in [5, 5.41) is 30.2. The number of hydrogen-bond donors (Lipinski definition) is 2. The zero-order valence-electron chi connectivity index (χ0n) is 13.1. The Morgan fingerprint density at radius 3 is 2.60 bits per heavy atom. The van der Waals surface area contributed by atoms with Crippen LogP contribution in [0.1, 0.15) is 17.4 Å². The van der Waals surface area contributed by atoms with Gasteiger partial charge in [-0.2, -0.15) is 0 Å². The molecule has 1 aromatic carbocycles. The van der Waals surface area contributed by atoms with Crippen molar-refractivity contribution in [3.8, 4) is 11.6 Å². The molecule has 0 bridgehead atoms. The fraction of sp³-hybridized carbons (Fsp3) is 0.231. The largest absolute Gasteiger partial charge is 0.494 e. The quantitative estimate of drug-likeness (QED) is 0.564. The number of H-pyrrole nitrogens is 1. The van der Waals surface area contributed by atoms with Gasteiger partial charge in [0.05, 0.1) is 29.6 Å². The van der Waals surface area contributed by atoms with Crippen molar-refractivity contribution in [2.75, 3.05) is 19.0 Å². The highest BCUT2D eigenvalue weighted by molar-refractivity contribution is 6.07. The van der Waals surface area contributed by atoms with Crippen molar-refractivity contribution in [1.29, 1.82) is 0 Å². The van der Waals surface area contributed by atoms with E-state index in [1.165, 1.54) is 12.1 Å². The van der Waals surface area contributed by atoms with Gasteiger partial charge in [0, 0.05) is 0 Å². The SMILES string of the molecule is CCOc1ccc(NC(=O)c2[nH]nc(OC)c2[N+](=O)[O-])c([N+](=O)[O-])c1. The number of rotatable bonds is 7. The topological polar surface area (TPSA) is 163 Å². The maximum Gasteiger partial charge on any atom is 0.362 e. The summed E-state index contributed by atoms with van der Waals surface area (Å²) in [5.41, 5.74) is -1.74. The molecule has 2 N–H and O–H groups in total. The fourth-order valence-electron chi connectivity index (χ4n) is 2.00. The van der Waals surface area contributed by atoms with E-state index in [1.54, 1.807) is 6.92 Å². The molecule has 0 unspecified atom stereocenters. The summed E-state index contributed by atoms with van der Waals surface area (Å²) in [6.45, 7) is 2.02. The lowest BCUT2D eigenvalue weighted by atomic mass is 10.2. The summed E-state index contributed by atoms with van der Waals surface area (Å²) < 4.78 is 9.87. The summed E-state index contributed by atoms with van der Waals surface area (Å²) in [6, 6.07) is 3.83. The molecule has 12 heteroatoms. The Morgan fingerprint density at radius 1 is 1.32 bits per heavy atom. The van der Waals surface area contributed by atoms with Crippen molar-refractivity contribution in [2.24, 2.45) is 0 Å². The van der Waals surface area contributed by atoms with Gasteiger partial charge in [-0.15, -0.1) is 5.10 Å². The zero-order valence-corrected chi connectivity index (χ0v) is 13.1. The Morgan fingerprint density at radius 2 is 2.04 bits per heavy atom. The summed E-state index contributed by atoms with van der Waals surface area (Å²) in [5.74, 6) is -1.10. The normalized spacial score (nSPS) is 10.2. The molecule has 0 saturated carbocycles. The van der Waals surface area contributed by atoms with E-state index in [0.29, 0.717) is 6.61 Å². The molecule has 1 aromatic heterocycles. The van der Waals surface area contributed by atoms with Gasteiger partial charge in [-0.1, -0.05) is 0 Å². The van der Waals surface area contributed by atoms with E-state index in [2.05, 4.69) is 15.5 Å². The Kier molecular flexibility index (Phi) is 5.12. The van der Waals surface area contributed by atoms with Crippen LogP contribution in [-0.2, 0) is 0 Å². The third kappa shape index (κ3) is 3.63. The molecule has 25 heavy (non-hydrogen) atoms. The van der Waals surface area contributed by atoms with Crippen molar-refractivity contribution in [1.82, 2.24) is 10.2 Å². The molecule has 2 aromatic rings. The second kappa shape index (κ2) is 7.25. The van der Waals surface area contributed by atoms with E-state index in [0.717, 1.165) is 13.2 Å². The van der Waals surface area contributed by atoms with Crippen molar-refractivity contribution < 1.29 is 24.1 Å². The van der Waals surface area contributed by atoms with Crippen LogP contribution in [0.3, 0.4) is 0 Å². The van der Waals surface area contributed by atoms with Crippen LogP contribution < -0.4 is 14.8 Å². The Balaban J connectivity index is 2.37. The number of amides is 1. The molecular formula is C13H13N5O7. The van der Waals surface area contributed by atoms with Crippen LogP contribution in [-0.4, -0.2) is 39.7 Å². The third-order valence-electron chi connectivity index (χ3n) is 3.04. The maximum absolute atomic E-state index is 12.3. The van der Waals surface area contributed by atoms with Gasteiger partial charge < -0.3 is 14.8 Å². The summed E-state index contributed by atoms with van der Waals surface area (Å²) in [4.78, 5) is 33.0. The Bertz CT molecular complexity index is 832. The van der Waals surface area contributed by atoms with E-state index in [4.69, 9.17) is 9.47 Å². The number of nitrogens with one attached hydrogen (secondary N) is 2. The van der Waals surface area contributed by atoms with Gasteiger partial charge in [0.1, 0.15) is 11.4 Å². The molecular weight excluding hydrogens is 338 g/mol. The number of aromatic amines is 1. The first kappa shape index (κ1) is 17.7. The molecule has 0 aliphatic rings. The Labute approximate surface area is 140 Å². The predicted octanol–water partition coefficient (Wildman–Crippen LogP) is 1.89. The monoisotopic (exact) mass is 351 g/mol. The minimum Gasteiger partial charge on any atom is -0.494 e. The van der Waals surface area contributed by atoms with E-state index in [1.807, 2.05) is 0 Å². The van der Waals surface area contributed by atoms with Crippen molar-refractivity contribution in [3.63, 3.8) is 0 Å². The number of aromatic nitrogens is 2. The van der Waals surface area contributed by atoms with E-state index in [-0.39, 0.29) is 17.3 Å². The van der Waals surface area contributed by atoms with Gasteiger partial charge in [-0.25, -0.2) is 0 Å². The minimum absolute atomic E-state index is 0.152. The average molecular weight is 351 g/mol. The smallest absolute Gasteiger partial charge is 0.362 e. The molecule has 0 fully saturated rings. The van der Waals surface area contributed by atoms with Gasteiger partial charge >= 0.3 is 11.6 Å². The molecule has 0 radical (unpaired) electrons. The van der Waals surface area contributed by atoms with Gasteiger partial charge in [0.2, 0.25) is 5.69 Å². The molecule has 1 amide bonds. The highest BCUT2D eigenvalue weighted by Crippen LogP contribution is 2.32. The minimum atomic E-state index is -0.977. The second-order valence-corrected chi connectivity index (χ2v) is 4.54. The number of carbonyl (C=O) groups is 1. The third-order valence-corrected chi connectivity index (χ3v) is 3.04. The van der Waals surface area contributed by atoms with Crippen molar-refractivity contribution in [3.05, 3.63) is 44.1 Å². The molecule has 132 valence electrons. The Hall–Kier alpha value is -3.70. The first-order valence-electron chi connectivity index (χ1n) is 6.88. The number of ether oxygens (including phenoxy) is 2. The highest BCUT2D eigenvalue weighted by atomic mass is 16.6. The lowest BCUT2D eigenvalue weighted by Gasteiger charge is -2.07. The van der Waals surface area contributed by atoms with E-state index in [9.17, 15) is 25.0 Å². The number of benzene rings is 1. The van der Waals surface area contributed by atoms with Crippen LogP contribution in [0.4, 0.5) is 17.1 Å². The second-order valence-electron chi connectivity index (χ2n) is 4.54. The lowest BCUT2D eigenvalue weighted by Crippen LogP contribution is -2.15. The molecule has 12 nitrogen and oxygen atoms in total. The average Bonchev–Trinajstić information content (AvgIpc) is 3.00. The van der Waals surface area contributed by atoms with Crippen LogP contribution in [0.2, 0.25) is 0 Å². The molecule has 0 saturated heterocycles. The molecule has 0 aliphatic carbocycles. The summed E-state index contributed by atoms with van der Waals surface area (Å²) in [6.07, 6.45) is 0. The summed E-state index contributed by atoms with van der Waals surface area (Å²) >= 11 is 0. The number of nitro groups is 2. The predicted molar refractivity (Wildman–Crippen MR) is 84.0 cm³/mol. The van der Waals surface area contributed by atoms with Gasteiger partial charge in [-0.05, 0) is 19.1 Å². The number of methoxy groups -OCH3 is 1. The van der Waals surface area contributed by atoms with Crippen LogP contribution in [0.5, 0.6) is 11.6 Å². The van der Waals surface area contributed by atoms with Gasteiger partial charge in [-0.3, -0.25) is 30.1 Å². The highest BCUT2D eigenvalue weighted by Gasteiger charge is 2.31. The van der Waals surface area contributed by atoms with E-state index >= 15 is 0 Å². The number of anilines is 1. The standard InChI is InChI=1S/C13H13N5O7/c1-3-25-7-4-5-8(9(6-7)17(20)21)14-12(19)10-11(18(22)23)13(24-2)16-15-10/h4-6H,3H2,1-2H3,(H,14,19)(H,15,16). The van der Waals surface area contributed by atoms with Gasteiger partial charge in [0.25, 0.3) is 11.6 Å². The van der Waals surface area contributed by atoms with Crippen LogP contribution in [0.25, 0.3) is 0 Å². The molecule has 0 atom stereocenters. The number of nitrogens with zero attached hydrogens (tertiary/aromatic N) is 3. The van der Waals surface area contributed by atoms with Crippen molar-refractivity contribution in [2.45, 2.75) is 6.92 Å². The van der Waals surface area contributed by atoms with Crippen LogP contribution >= 0.6 is 0 Å². The van der Waals surface area contributed by atoms with Gasteiger partial charge in [0.15, 0.2) is 0 Å². The number of hydrogen-bond acceptors (Lipinski definition) is 8. The molecule has 2 rings (SSSR count). The number of carbonyl (C=O) groups excluding carboxylic acids is 1. The zero-order chi connectivity index (χ0) is 18.6. The number of nitro benzene ring substituents is 1. The van der Waals surface area contributed by atoms with Crippen molar-refractivity contribution >= 4 is 23.0 Å². The summed E-state index contributed by atoms with van der Waals surface area (Å²) in [7, 11) is 1.15. The first-order chi connectivity index (χ1) is 11.9. The molecule has 0 aliphatic heterocycles. The van der Waals surface area contributed by atoms with Crippen LogP contribution in [0, 0.1) is 20.2 Å². The first-order valence-corrected chi connectivity index (χ1v) is 6.88. The fourth-order valence-corrected chi connectivity index (χ4v) is 2.00. The van der Waals surface area contributed by atoms with Crippen LogP contribution in [0.15, 0.2) is 18.2 Å². The molecule has 1 heterocycles. The maximum atomic E-state index is 12.3. The van der Waals surface area contributed by atoms with E-state index < -0.39 is 32.8 Å². The molecule has 0 spiro atoms.